The lowest BCUT2D eigenvalue weighted by atomic mass is 10.0. The second kappa shape index (κ2) is 7.35. The lowest BCUT2D eigenvalue weighted by Crippen LogP contribution is -2.45. The third-order valence-corrected chi connectivity index (χ3v) is 4.71. The molecule has 1 amide bonds. The van der Waals surface area contributed by atoms with Gasteiger partial charge < -0.3 is 19.7 Å². The Morgan fingerprint density at radius 2 is 1.96 bits per heavy atom. The largest absolute Gasteiger partial charge is 0.355 e. The Bertz CT molecular complexity index is 737. The first-order valence-electron chi connectivity index (χ1n) is 8.76. The van der Waals surface area contributed by atoms with Crippen molar-refractivity contribution in [3.05, 3.63) is 48.2 Å². The first-order chi connectivity index (χ1) is 12.7. The highest BCUT2D eigenvalue weighted by Gasteiger charge is 2.40. The number of carbonyl (C=O) groups excluding carboxylic acids is 1. The molecule has 2 saturated heterocycles. The van der Waals surface area contributed by atoms with Crippen LogP contribution in [0.3, 0.4) is 0 Å². The number of aromatic nitrogens is 3. The van der Waals surface area contributed by atoms with Crippen LogP contribution in [0.15, 0.2) is 36.9 Å². The van der Waals surface area contributed by atoms with Crippen molar-refractivity contribution in [2.45, 2.75) is 25.2 Å². The molecule has 2 aliphatic rings. The number of hydrogen-bond acceptors (Lipinski definition) is 7. The van der Waals surface area contributed by atoms with Gasteiger partial charge in [0.15, 0.2) is 5.79 Å². The minimum absolute atomic E-state index is 0.252. The van der Waals surface area contributed by atoms with E-state index >= 15 is 0 Å². The highest BCUT2D eigenvalue weighted by atomic mass is 16.7. The summed E-state index contributed by atoms with van der Waals surface area (Å²) in [4.78, 5) is 27.0. The van der Waals surface area contributed by atoms with E-state index in [4.69, 9.17) is 9.47 Å². The van der Waals surface area contributed by atoms with E-state index in [1.807, 2.05) is 12.1 Å². The van der Waals surface area contributed by atoms with Gasteiger partial charge in [-0.15, -0.1) is 0 Å². The predicted octanol–water partition coefficient (Wildman–Crippen LogP) is 1.14. The lowest BCUT2D eigenvalue weighted by Gasteiger charge is -2.37. The summed E-state index contributed by atoms with van der Waals surface area (Å²) in [5.41, 5.74) is 1.23. The molecule has 2 aliphatic heterocycles. The van der Waals surface area contributed by atoms with Gasteiger partial charge >= 0.3 is 0 Å². The first-order valence-corrected chi connectivity index (χ1v) is 8.76. The predicted molar refractivity (Wildman–Crippen MR) is 93.5 cm³/mol. The molecular weight excluding hydrogens is 334 g/mol. The Balaban J connectivity index is 1.32. The summed E-state index contributed by atoms with van der Waals surface area (Å²) in [6.07, 6.45) is 8.19. The van der Waals surface area contributed by atoms with Crippen LogP contribution in [0.1, 0.15) is 28.9 Å². The molecule has 0 radical (unpaired) electrons. The van der Waals surface area contributed by atoms with Crippen LogP contribution in [0.25, 0.3) is 0 Å². The molecule has 4 heterocycles. The van der Waals surface area contributed by atoms with Crippen molar-refractivity contribution in [3.8, 4) is 0 Å². The van der Waals surface area contributed by atoms with Crippen LogP contribution >= 0.6 is 0 Å². The van der Waals surface area contributed by atoms with Crippen molar-refractivity contribution in [1.29, 1.82) is 0 Å². The van der Waals surface area contributed by atoms with E-state index in [9.17, 15) is 4.79 Å². The summed E-state index contributed by atoms with van der Waals surface area (Å²) in [5, 5.41) is 2.82. The number of carbonyl (C=O) groups is 1. The molecule has 4 rings (SSSR count). The van der Waals surface area contributed by atoms with Gasteiger partial charge in [-0.25, -0.2) is 9.97 Å². The van der Waals surface area contributed by atoms with E-state index < -0.39 is 5.79 Å². The summed E-state index contributed by atoms with van der Waals surface area (Å²) in [7, 11) is 0. The molecule has 2 aromatic rings. The quantitative estimate of drug-likeness (QED) is 0.880. The Kier molecular flexibility index (Phi) is 4.77. The minimum atomic E-state index is -0.407. The van der Waals surface area contributed by atoms with Gasteiger partial charge in [0.1, 0.15) is 11.5 Å². The average Bonchev–Trinajstić information content (AvgIpc) is 3.16. The van der Waals surface area contributed by atoms with Crippen LogP contribution in [-0.2, 0) is 16.0 Å². The zero-order chi connectivity index (χ0) is 17.8. The number of piperidine rings is 1. The maximum Gasteiger partial charge on any atom is 0.271 e. The van der Waals surface area contributed by atoms with Crippen molar-refractivity contribution >= 4 is 11.7 Å². The second-order valence-corrected chi connectivity index (χ2v) is 6.40. The fraction of sp³-hybridized carbons (Fsp3) is 0.444. The maximum atomic E-state index is 12.2. The van der Waals surface area contributed by atoms with E-state index in [2.05, 4.69) is 25.2 Å². The number of nitrogens with zero attached hydrogens (tertiary/aromatic N) is 4. The topological polar surface area (TPSA) is 89.5 Å². The van der Waals surface area contributed by atoms with Crippen LogP contribution in [0.2, 0.25) is 0 Å². The van der Waals surface area contributed by atoms with Crippen LogP contribution in [0, 0.1) is 0 Å². The number of rotatable bonds is 4. The Hall–Kier alpha value is -2.58. The highest BCUT2D eigenvalue weighted by Crippen LogP contribution is 2.32. The van der Waals surface area contributed by atoms with Crippen LogP contribution in [0.5, 0.6) is 0 Å². The fourth-order valence-electron chi connectivity index (χ4n) is 3.24. The maximum absolute atomic E-state index is 12.2. The molecule has 8 heteroatoms. The lowest BCUT2D eigenvalue weighted by molar-refractivity contribution is -0.169. The summed E-state index contributed by atoms with van der Waals surface area (Å²) in [5.74, 6) is 0.107. The average molecular weight is 355 g/mol. The molecule has 0 saturated carbocycles. The molecule has 8 nitrogen and oxygen atoms in total. The molecule has 1 spiro atoms. The molecule has 2 aromatic heterocycles. The van der Waals surface area contributed by atoms with E-state index in [1.165, 1.54) is 6.20 Å². The van der Waals surface area contributed by atoms with Crippen molar-refractivity contribution in [1.82, 2.24) is 20.3 Å². The van der Waals surface area contributed by atoms with Gasteiger partial charge in [0.2, 0.25) is 0 Å². The molecule has 136 valence electrons. The molecule has 1 N–H and O–H groups in total. The molecule has 0 aliphatic carbocycles. The van der Waals surface area contributed by atoms with Crippen LogP contribution < -0.4 is 10.2 Å². The van der Waals surface area contributed by atoms with Gasteiger partial charge in [0.05, 0.1) is 25.6 Å². The Morgan fingerprint density at radius 1 is 1.15 bits per heavy atom. The van der Waals surface area contributed by atoms with Crippen LogP contribution in [0.4, 0.5) is 5.82 Å². The van der Waals surface area contributed by atoms with Crippen molar-refractivity contribution < 1.29 is 14.3 Å². The normalized spacial score (nSPS) is 18.8. The minimum Gasteiger partial charge on any atom is -0.355 e. The number of pyridine rings is 1. The fourth-order valence-corrected chi connectivity index (χ4v) is 3.24. The SMILES string of the molecule is O=C(NCc1cccnc1)c1cnc(N2CCC3(CC2)OCCO3)cn1. The zero-order valence-electron chi connectivity index (χ0n) is 14.4. The monoisotopic (exact) mass is 355 g/mol. The number of nitrogens with one attached hydrogen (secondary N) is 1. The molecule has 0 unspecified atom stereocenters. The van der Waals surface area contributed by atoms with Gasteiger partial charge in [-0.2, -0.15) is 0 Å². The van der Waals surface area contributed by atoms with Gasteiger partial charge in [0.25, 0.3) is 5.91 Å². The summed E-state index contributed by atoms with van der Waals surface area (Å²) >= 11 is 0. The van der Waals surface area contributed by atoms with E-state index in [-0.39, 0.29) is 5.91 Å². The van der Waals surface area contributed by atoms with Crippen molar-refractivity contribution in [3.63, 3.8) is 0 Å². The highest BCUT2D eigenvalue weighted by molar-refractivity contribution is 5.91. The zero-order valence-corrected chi connectivity index (χ0v) is 14.4. The van der Waals surface area contributed by atoms with Gasteiger partial charge in [-0.05, 0) is 11.6 Å². The van der Waals surface area contributed by atoms with E-state index in [0.717, 1.165) is 37.3 Å². The molecule has 0 atom stereocenters. The molecular formula is C18H21N5O3. The van der Waals surface area contributed by atoms with Gasteiger partial charge in [-0.1, -0.05) is 6.07 Å². The van der Waals surface area contributed by atoms with Gasteiger partial charge in [-0.3, -0.25) is 9.78 Å². The summed E-state index contributed by atoms with van der Waals surface area (Å²) < 4.78 is 11.5. The van der Waals surface area contributed by atoms with E-state index in [1.54, 1.807) is 18.6 Å². The third kappa shape index (κ3) is 3.66. The molecule has 2 fully saturated rings. The Labute approximate surface area is 151 Å². The van der Waals surface area contributed by atoms with Crippen molar-refractivity contribution in [2.24, 2.45) is 0 Å². The van der Waals surface area contributed by atoms with Gasteiger partial charge in [0, 0.05) is 44.9 Å². The molecule has 26 heavy (non-hydrogen) atoms. The Morgan fingerprint density at radius 3 is 2.62 bits per heavy atom. The molecule has 0 aromatic carbocycles. The number of hydrogen-bond donors (Lipinski definition) is 1. The first kappa shape index (κ1) is 16.9. The van der Waals surface area contributed by atoms with Crippen LogP contribution in [-0.4, -0.2) is 52.9 Å². The second-order valence-electron chi connectivity index (χ2n) is 6.40. The summed E-state index contributed by atoms with van der Waals surface area (Å²) in [6, 6.07) is 3.74. The van der Waals surface area contributed by atoms with Crippen molar-refractivity contribution in [2.75, 3.05) is 31.2 Å². The third-order valence-electron chi connectivity index (χ3n) is 4.71. The van der Waals surface area contributed by atoms with E-state index in [0.29, 0.717) is 25.5 Å². The number of anilines is 1. The molecule has 0 bridgehead atoms. The summed E-state index contributed by atoms with van der Waals surface area (Å²) in [6.45, 7) is 3.33. The number of amides is 1. The standard InChI is InChI=1S/C18H21N5O3/c24-17(22-11-14-2-1-5-19-10-14)15-12-21-16(13-20-15)23-6-3-18(4-7-23)25-8-9-26-18/h1-2,5,10,12-13H,3-4,6-9,11H2,(H,22,24). The number of ether oxygens (including phenoxy) is 2. The smallest absolute Gasteiger partial charge is 0.271 e.